The normalized spacial score (nSPS) is 19.6. The molecule has 1 heterocycles. The SMILES string of the molecule is CCC(CC)(ON1CCC1)C(C)=NC. The van der Waals surface area contributed by atoms with Gasteiger partial charge in [0.1, 0.15) is 5.60 Å². The van der Waals surface area contributed by atoms with E-state index in [9.17, 15) is 0 Å². The maximum absolute atomic E-state index is 6.03. The zero-order valence-corrected chi connectivity index (χ0v) is 9.84. The zero-order valence-electron chi connectivity index (χ0n) is 9.84. The van der Waals surface area contributed by atoms with Crippen LogP contribution >= 0.6 is 0 Å². The number of nitrogens with zero attached hydrogens (tertiary/aromatic N) is 2. The van der Waals surface area contributed by atoms with Gasteiger partial charge in [0.05, 0.1) is 0 Å². The third-order valence-corrected chi connectivity index (χ3v) is 3.26. The summed E-state index contributed by atoms with van der Waals surface area (Å²) in [5.74, 6) is 0. The van der Waals surface area contributed by atoms with Gasteiger partial charge in [-0.05, 0) is 26.2 Å². The molecule has 1 saturated heterocycles. The van der Waals surface area contributed by atoms with E-state index < -0.39 is 0 Å². The monoisotopic (exact) mass is 198 g/mol. The maximum atomic E-state index is 6.03. The second-order valence-corrected chi connectivity index (χ2v) is 3.88. The fourth-order valence-electron chi connectivity index (χ4n) is 1.79. The summed E-state index contributed by atoms with van der Waals surface area (Å²) in [6.07, 6.45) is 3.23. The standard InChI is InChI=1S/C11H22N2O/c1-5-11(6-2,10(3)12-4)14-13-8-7-9-13/h5-9H2,1-4H3. The summed E-state index contributed by atoms with van der Waals surface area (Å²) in [7, 11) is 1.84. The van der Waals surface area contributed by atoms with E-state index in [0.29, 0.717) is 0 Å². The molecule has 0 saturated carbocycles. The van der Waals surface area contributed by atoms with Crippen LogP contribution in [0, 0.1) is 0 Å². The second-order valence-electron chi connectivity index (χ2n) is 3.88. The molecule has 3 heteroatoms. The second kappa shape index (κ2) is 4.89. The lowest BCUT2D eigenvalue weighted by Crippen LogP contribution is -2.49. The van der Waals surface area contributed by atoms with Gasteiger partial charge in [0, 0.05) is 25.8 Å². The third kappa shape index (κ3) is 2.15. The van der Waals surface area contributed by atoms with E-state index in [1.165, 1.54) is 6.42 Å². The molecular weight excluding hydrogens is 176 g/mol. The third-order valence-electron chi connectivity index (χ3n) is 3.26. The Kier molecular flexibility index (Phi) is 4.08. The number of hydrogen-bond acceptors (Lipinski definition) is 3. The summed E-state index contributed by atoms with van der Waals surface area (Å²) >= 11 is 0. The van der Waals surface area contributed by atoms with Crippen LogP contribution in [0.4, 0.5) is 0 Å². The van der Waals surface area contributed by atoms with Crippen molar-refractivity contribution >= 4 is 5.71 Å². The molecular formula is C11H22N2O. The molecule has 3 nitrogen and oxygen atoms in total. The van der Waals surface area contributed by atoms with Crippen molar-refractivity contribution in [1.82, 2.24) is 5.06 Å². The van der Waals surface area contributed by atoms with Crippen molar-refractivity contribution in [3.63, 3.8) is 0 Å². The van der Waals surface area contributed by atoms with E-state index >= 15 is 0 Å². The van der Waals surface area contributed by atoms with Crippen molar-refractivity contribution in [3.8, 4) is 0 Å². The molecule has 0 amide bonds. The number of hydroxylamine groups is 2. The highest BCUT2D eigenvalue weighted by Gasteiger charge is 2.34. The topological polar surface area (TPSA) is 24.8 Å². The van der Waals surface area contributed by atoms with Crippen molar-refractivity contribution in [2.24, 2.45) is 4.99 Å². The Bertz CT molecular complexity index is 205. The van der Waals surface area contributed by atoms with Gasteiger partial charge in [-0.1, -0.05) is 13.8 Å². The molecule has 0 atom stereocenters. The van der Waals surface area contributed by atoms with E-state index in [0.717, 1.165) is 31.6 Å². The largest absolute Gasteiger partial charge is 0.295 e. The van der Waals surface area contributed by atoms with Crippen LogP contribution in [-0.2, 0) is 4.84 Å². The van der Waals surface area contributed by atoms with Gasteiger partial charge >= 0.3 is 0 Å². The highest BCUT2D eigenvalue weighted by molar-refractivity contribution is 5.90. The smallest absolute Gasteiger partial charge is 0.126 e. The number of aliphatic imine (C=N–C) groups is 1. The highest BCUT2D eigenvalue weighted by atomic mass is 16.7. The molecule has 0 aromatic carbocycles. The lowest BCUT2D eigenvalue weighted by atomic mass is 9.92. The van der Waals surface area contributed by atoms with Crippen LogP contribution in [0.25, 0.3) is 0 Å². The average molecular weight is 198 g/mol. The van der Waals surface area contributed by atoms with E-state index in [1.54, 1.807) is 0 Å². The molecule has 0 unspecified atom stereocenters. The van der Waals surface area contributed by atoms with Gasteiger partial charge in [-0.15, -0.1) is 0 Å². The van der Waals surface area contributed by atoms with Crippen molar-refractivity contribution in [3.05, 3.63) is 0 Å². The molecule has 14 heavy (non-hydrogen) atoms. The fourth-order valence-corrected chi connectivity index (χ4v) is 1.79. The lowest BCUT2D eigenvalue weighted by Gasteiger charge is -2.40. The summed E-state index contributed by atoms with van der Waals surface area (Å²) in [5.41, 5.74) is 0.948. The summed E-state index contributed by atoms with van der Waals surface area (Å²) in [4.78, 5) is 10.3. The van der Waals surface area contributed by atoms with Crippen LogP contribution in [-0.4, -0.2) is 36.5 Å². The minimum atomic E-state index is -0.158. The minimum Gasteiger partial charge on any atom is -0.295 e. The molecule has 1 rings (SSSR count). The predicted molar refractivity (Wildman–Crippen MR) is 59.6 cm³/mol. The molecule has 0 aromatic heterocycles. The Morgan fingerprint density at radius 2 is 1.93 bits per heavy atom. The van der Waals surface area contributed by atoms with Gasteiger partial charge in [0.2, 0.25) is 0 Å². The van der Waals surface area contributed by atoms with Gasteiger partial charge in [-0.2, -0.15) is 5.06 Å². The first kappa shape index (κ1) is 11.7. The Labute approximate surface area is 87.1 Å². The van der Waals surface area contributed by atoms with Gasteiger partial charge in [0.25, 0.3) is 0 Å². The summed E-state index contributed by atoms with van der Waals surface area (Å²) in [5, 5.41) is 2.06. The molecule has 1 fully saturated rings. The van der Waals surface area contributed by atoms with Crippen molar-refractivity contribution < 1.29 is 4.84 Å². The molecule has 0 bridgehead atoms. The first-order valence-corrected chi connectivity index (χ1v) is 5.56. The summed E-state index contributed by atoms with van der Waals surface area (Å²) in [6.45, 7) is 8.53. The van der Waals surface area contributed by atoms with Crippen LogP contribution in [0.1, 0.15) is 40.0 Å². The van der Waals surface area contributed by atoms with Gasteiger partial charge < -0.3 is 0 Å². The Morgan fingerprint density at radius 3 is 2.21 bits per heavy atom. The summed E-state index contributed by atoms with van der Waals surface area (Å²) < 4.78 is 0. The van der Waals surface area contributed by atoms with Crippen LogP contribution in [0.3, 0.4) is 0 Å². The predicted octanol–water partition coefficient (Wildman–Crippen LogP) is 2.27. The van der Waals surface area contributed by atoms with E-state index in [2.05, 4.69) is 30.8 Å². The molecule has 0 spiro atoms. The van der Waals surface area contributed by atoms with Crippen molar-refractivity contribution in [2.75, 3.05) is 20.1 Å². The van der Waals surface area contributed by atoms with Gasteiger partial charge in [-0.3, -0.25) is 9.83 Å². The fraction of sp³-hybridized carbons (Fsp3) is 0.909. The van der Waals surface area contributed by atoms with Crippen LogP contribution in [0.5, 0.6) is 0 Å². The molecule has 0 aliphatic carbocycles. The quantitative estimate of drug-likeness (QED) is 0.633. The average Bonchev–Trinajstić information content (AvgIpc) is 2.17. The van der Waals surface area contributed by atoms with Crippen molar-refractivity contribution in [1.29, 1.82) is 0 Å². The maximum Gasteiger partial charge on any atom is 0.126 e. The van der Waals surface area contributed by atoms with Crippen LogP contribution < -0.4 is 0 Å². The van der Waals surface area contributed by atoms with Gasteiger partial charge in [0.15, 0.2) is 0 Å². The first-order valence-electron chi connectivity index (χ1n) is 5.56. The Morgan fingerprint density at radius 1 is 1.36 bits per heavy atom. The van der Waals surface area contributed by atoms with E-state index in [-0.39, 0.29) is 5.60 Å². The van der Waals surface area contributed by atoms with Crippen molar-refractivity contribution in [2.45, 2.75) is 45.6 Å². The molecule has 0 N–H and O–H groups in total. The molecule has 0 aromatic rings. The Balaban J connectivity index is 2.67. The molecule has 0 radical (unpaired) electrons. The van der Waals surface area contributed by atoms with Crippen LogP contribution in [0.2, 0.25) is 0 Å². The lowest BCUT2D eigenvalue weighted by molar-refractivity contribution is -0.253. The molecule has 82 valence electrons. The van der Waals surface area contributed by atoms with E-state index in [4.69, 9.17) is 4.84 Å². The van der Waals surface area contributed by atoms with E-state index in [1.807, 2.05) is 7.05 Å². The van der Waals surface area contributed by atoms with Gasteiger partial charge in [-0.25, -0.2) is 0 Å². The number of hydrogen-bond donors (Lipinski definition) is 0. The highest BCUT2D eigenvalue weighted by Crippen LogP contribution is 2.26. The molecule has 1 aliphatic rings. The van der Waals surface area contributed by atoms with Crippen LogP contribution in [0.15, 0.2) is 4.99 Å². The minimum absolute atomic E-state index is 0.158. The zero-order chi connectivity index (χ0) is 10.6. The molecule has 1 aliphatic heterocycles. The summed E-state index contributed by atoms with van der Waals surface area (Å²) in [6, 6.07) is 0. The Hall–Kier alpha value is -0.410. The first-order chi connectivity index (χ1) is 6.68. The number of rotatable bonds is 5.